The summed E-state index contributed by atoms with van der Waals surface area (Å²) in [4.78, 5) is 22.4. The van der Waals surface area contributed by atoms with Gasteiger partial charge in [0.1, 0.15) is 12.7 Å². The van der Waals surface area contributed by atoms with Crippen LogP contribution < -0.4 is 5.32 Å². The minimum absolute atomic E-state index is 0.0142. The number of hydrogen-bond donors (Lipinski definition) is 1. The van der Waals surface area contributed by atoms with Gasteiger partial charge in [-0.1, -0.05) is 66.7 Å². The lowest BCUT2D eigenvalue weighted by Gasteiger charge is -2.28. The molecule has 0 aliphatic heterocycles. The molecule has 0 bridgehead atoms. The molecule has 34 heavy (non-hydrogen) atoms. The highest BCUT2D eigenvalue weighted by atomic mass is 32.1. The summed E-state index contributed by atoms with van der Waals surface area (Å²) < 4.78 is 2.92. The number of amides is 1. The number of nitrogens with zero attached hydrogens (tertiary/aromatic N) is 4. The van der Waals surface area contributed by atoms with Gasteiger partial charge in [0.25, 0.3) is 0 Å². The summed E-state index contributed by atoms with van der Waals surface area (Å²) in [6.45, 7) is 3.10. The van der Waals surface area contributed by atoms with Crippen LogP contribution in [0.15, 0.2) is 91.5 Å². The third kappa shape index (κ3) is 4.75. The summed E-state index contributed by atoms with van der Waals surface area (Å²) in [5.41, 5.74) is 3.36. The molecule has 6 nitrogen and oxygen atoms in total. The second-order valence-corrected chi connectivity index (χ2v) is 9.66. The summed E-state index contributed by atoms with van der Waals surface area (Å²) in [5.74, 6) is -0.0142. The quantitative estimate of drug-likeness (QED) is 0.357. The van der Waals surface area contributed by atoms with Crippen molar-refractivity contribution in [3.63, 3.8) is 0 Å². The van der Waals surface area contributed by atoms with Crippen molar-refractivity contribution < 1.29 is 4.79 Å². The van der Waals surface area contributed by atoms with E-state index in [1.807, 2.05) is 73.7 Å². The van der Waals surface area contributed by atoms with Gasteiger partial charge < -0.3 is 5.32 Å². The number of rotatable bonds is 8. The summed E-state index contributed by atoms with van der Waals surface area (Å²) in [7, 11) is 0. The number of carbonyl (C=O) groups is 1. The summed E-state index contributed by atoms with van der Waals surface area (Å²) in [5, 5.41) is 8.31. The lowest BCUT2D eigenvalue weighted by Crippen LogP contribution is -2.43. The molecule has 1 unspecified atom stereocenters. The van der Waals surface area contributed by atoms with E-state index < -0.39 is 5.41 Å². The molecule has 2 aromatic heterocycles. The van der Waals surface area contributed by atoms with Gasteiger partial charge in [-0.2, -0.15) is 5.10 Å². The van der Waals surface area contributed by atoms with Crippen molar-refractivity contribution in [2.45, 2.75) is 31.8 Å². The maximum Gasteiger partial charge on any atom is 0.231 e. The van der Waals surface area contributed by atoms with Gasteiger partial charge in [-0.15, -0.1) is 11.3 Å². The van der Waals surface area contributed by atoms with Crippen LogP contribution in [-0.2, 0) is 29.7 Å². The molecule has 5 aromatic rings. The molecule has 1 N–H and O–H groups in total. The van der Waals surface area contributed by atoms with Crippen molar-refractivity contribution in [2.75, 3.05) is 0 Å². The monoisotopic (exact) mass is 467 g/mol. The van der Waals surface area contributed by atoms with E-state index in [0.717, 1.165) is 31.9 Å². The number of fused-ring (bicyclic) bond motifs is 1. The van der Waals surface area contributed by atoms with Gasteiger partial charge in [0.2, 0.25) is 5.91 Å². The van der Waals surface area contributed by atoms with E-state index in [4.69, 9.17) is 4.98 Å². The van der Waals surface area contributed by atoms with E-state index in [0.29, 0.717) is 19.5 Å². The van der Waals surface area contributed by atoms with Gasteiger partial charge in [-0.3, -0.25) is 4.79 Å². The first-order valence-corrected chi connectivity index (χ1v) is 12.0. The molecule has 1 atom stereocenters. The van der Waals surface area contributed by atoms with Crippen LogP contribution in [0, 0.1) is 0 Å². The van der Waals surface area contributed by atoms with Crippen LogP contribution in [-0.4, -0.2) is 25.7 Å². The average Bonchev–Trinajstić information content (AvgIpc) is 3.52. The van der Waals surface area contributed by atoms with Crippen LogP contribution >= 0.6 is 11.3 Å². The molecule has 0 spiro atoms. The number of carbonyl (C=O) groups excluding carboxylic acids is 1. The molecular formula is C27H25N5OS. The molecule has 0 saturated heterocycles. The highest BCUT2D eigenvalue weighted by molar-refractivity contribution is 7.18. The minimum atomic E-state index is -0.743. The second-order valence-electron chi connectivity index (χ2n) is 8.55. The molecular weight excluding hydrogens is 442 g/mol. The van der Waals surface area contributed by atoms with Gasteiger partial charge in [-0.05, 0) is 35.7 Å². The Kier molecular flexibility index (Phi) is 6.18. The van der Waals surface area contributed by atoms with Gasteiger partial charge in [0, 0.05) is 13.0 Å². The third-order valence-corrected chi connectivity index (χ3v) is 7.05. The average molecular weight is 468 g/mol. The highest BCUT2D eigenvalue weighted by Gasteiger charge is 2.36. The Bertz CT molecular complexity index is 1360. The van der Waals surface area contributed by atoms with Gasteiger partial charge in [0.15, 0.2) is 0 Å². The van der Waals surface area contributed by atoms with Crippen LogP contribution in [0.5, 0.6) is 0 Å². The Labute approximate surface area is 202 Å². The van der Waals surface area contributed by atoms with Crippen LogP contribution in [0.2, 0.25) is 0 Å². The van der Waals surface area contributed by atoms with E-state index in [9.17, 15) is 4.79 Å². The fraction of sp³-hybridized carbons (Fsp3) is 0.185. The first-order valence-electron chi connectivity index (χ1n) is 11.2. The van der Waals surface area contributed by atoms with E-state index in [2.05, 4.69) is 27.5 Å². The van der Waals surface area contributed by atoms with Crippen molar-refractivity contribution >= 4 is 27.5 Å². The Balaban J connectivity index is 1.36. The zero-order valence-corrected chi connectivity index (χ0v) is 19.7. The number of hydrogen-bond acceptors (Lipinski definition) is 5. The first-order chi connectivity index (χ1) is 16.6. The molecule has 0 aliphatic rings. The molecule has 3 aromatic carbocycles. The fourth-order valence-electron chi connectivity index (χ4n) is 4.13. The maximum atomic E-state index is 13.6. The van der Waals surface area contributed by atoms with Gasteiger partial charge >= 0.3 is 0 Å². The van der Waals surface area contributed by atoms with E-state index >= 15 is 0 Å². The van der Waals surface area contributed by atoms with Crippen LogP contribution in [0.25, 0.3) is 10.2 Å². The van der Waals surface area contributed by atoms with Crippen molar-refractivity contribution in [1.29, 1.82) is 0 Å². The molecule has 0 fully saturated rings. The predicted octanol–water partition coefficient (Wildman–Crippen LogP) is 4.75. The standard InChI is InChI=1S/C27H25N5OS/c1-27(22-10-3-2-4-11-22,15-25-31-23-12-5-6-13-24(23)34-25)26(33)29-16-20-8-7-9-21(14-20)17-32-19-28-18-30-32/h2-14,18-19H,15-17H2,1H3,(H,29,33). The van der Waals surface area contributed by atoms with Crippen molar-refractivity contribution in [2.24, 2.45) is 0 Å². The summed E-state index contributed by atoms with van der Waals surface area (Å²) in [6.07, 6.45) is 3.76. The van der Waals surface area contributed by atoms with E-state index in [-0.39, 0.29) is 5.91 Å². The lowest BCUT2D eigenvalue weighted by molar-refractivity contribution is -0.126. The Morgan fingerprint density at radius 3 is 2.59 bits per heavy atom. The summed E-state index contributed by atoms with van der Waals surface area (Å²) >= 11 is 1.65. The van der Waals surface area contributed by atoms with Gasteiger partial charge in [-0.25, -0.2) is 14.6 Å². The molecule has 7 heteroatoms. The zero-order valence-electron chi connectivity index (χ0n) is 18.9. The molecule has 0 aliphatic carbocycles. The first kappa shape index (κ1) is 22.0. The molecule has 0 radical (unpaired) electrons. The van der Waals surface area contributed by atoms with Crippen LogP contribution in [0.1, 0.15) is 28.6 Å². The molecule has 0 saturated carbocycles. The Hall–Kier alpha value is -3.84. The number of para-hydroxylation sites is 1. The predicted molar refractivity (Wildman–Crippen MR) is 135 cm³/mol. The number of nitrogens with one attached hydrogen (secondary N) is 1. The fourth-order valence-corrected chi connectivity index (χ4v) is 5.26. The van der Waals surface area contributed by atoms with Crippen molar-refractivity contribution in [3.05, 3.63) is 113 Å². The number of aromatic nitrogens is 4. The second kappa shape index (κ2) is 9.57. The molecule has 170 valence electrons. The van der Waals surface area contributed by atoms with E-state index in [1.54, 1.807) is 22.3 Å². The largest absolute Gasteiger partial charge is 0.351 e. The maximum absolute atomic E-state index is 13.6. The normalized spacial score (nSPS) is 13.0. The van der Waals surface area contributed by atoms with Crippen LogP contribution in [0.4, 0.5) is 0 Å². The van der Waals surface area contributed by atoms with Crippen molar-refractivity contribution in [1.82, 2.24) is 25.1 Å². The highest BCUT2D eigenvalue weighted by Crippen LogP contribution is 2.32. The topological polar surface area (TPSA) is 72.7 Å². The zero-order chi connectivity index (χ0) is 23.4. The summed E-state index contributed by atoms with van der Waals surface area (Å²) in [6, 6.07) is 26.2. The Morgan fingerprint density at radius 1 is 1.00 bits per heavy atom. The number of benzene rings is 3. The Morgan fingerprint density at radius 2 is 1.79 bits per heavy atom. The number of thiazole rings is 1. The van der Waals surface area contributed by atoms with Crippen LogP contribution in [0.3, 0.4) is 0 Å². The molecule has 5 rings (SSSR count). The van der Waals surface area contributed by atoms with Gasteiger partial charge in [0.05, 0.1) is 27.2 Å². The minimum Gasteiger partial charge on any atom is -0.351 e. The molecule has 1 amide bonds. The van der Waals surface area contributed by atoms with E-state index in [1.165, 1.54) is 6.33 Å². The third-order valence-electron chi connectivity index (χ3n) is 6.01. The van der Waals surface area contributed by atoms with Crippen molar-refractivity contribution in [3.8, 4) is 0 Å². The smallest absolute Gasteiger partial charge is 0.231 e. The SMILES string of the molecule is CC(Cc1nc2ccccc2s1)(C(=O)NCc1cccc(Cn2cncn2)c1)c1ccccc1. The molecule has 2 heterocycles. The lowest BCUT2D eigenvalue weighted by atomic mass is 9.78.